The summed E-state index contributed by atoms with van der Waals surface area (Å²) in [6.45, 7) is 1.84. The molecule has 22 heavy (non-hydrogen) atoms. The van der Waals surface area contributed by atoms with Gasteiger partial charge in [0.2, 0.25) is 5.89 Å². The highest BCUT2D eigenvalue weighted by Gasteiger charge is 2.23. The number of nitrogens with zero attached hydrogens (tertiary/aromatic N) is 3. The summed E-state index contributed by atoms with van der Waals surface area (Å²) < 4.78 is 5.32. The van der Waals surface area contributed by atoms with Crippen LogP contribution in [0.2, 0.25) is 0 Å². The van der Waals surface area contributed by atoms with Gasteiger partial charge in [0, 0.05) is 18.3 Å². The van der Waals surface area contributed by atoms with E-state index in [0.717, 1.165) is 18.7 Å². The first-order valence-electron chi connectivity index (χ1n) is 7.78. The average molecular weight is 300 g/mol. The largest absolute Gasteiger partial charge is 0.340 e. The molecule has 1 amide bonds. The Morgan fingerprint density at radius 1 is 1.36 bits per heavy atom. The normalized spacial score (nSPS) is 17.1. The molecular formula is C16H20N4O2. The lowest BCUT2D eigenvalue weighted by Gasteiger charge is -2.17. The number of rotatable bonds is 4. The zero-order valence-corrected chi connectivity index (χ0v) is 12.7. The van der Waals surface area contributed by atoms with Crippen molar-refractivity contribution in [2.24, 2.45) is 0 Å². The third kappa shape index (κ3) is 3.32. The molecule has 6 nitrogen and oxygen atoms in total. The first-order chi connectivity index (χ1) is 10.7. The van der Waals surface area contributed by atoms with Crippen LogP contribution in [0.5, 0.6) is 0 Å². The second-order valence-corrected chi connectivity index (χ2v) is 5.76. The van der Waals surface area contributed by atoms with Gasteiger partial charge in [-0.15, -0.1) is 0 Å². The van der Waals surface area contributed by atoms with Crippen molar-refractivity contribution in [3.05, 3.63) is 41.8 Å². The van der Waals surface area contributed by atoms with Gasteiger partial charge in [0.25, 0.3) is 5.91 Å². The van der Waals surface area contributed by atoms with E-state index in [-0.39, 0.29) is 11.9 Å². The van der Waals surface area contributed by atoms with E-state index in [2.05, 4.69) is 20.4 Å². The highest BCUT2D eigenvalue weighted by Crippen LogP contribution is 2.31. The van der Waals surface area contributed by atoms with Gasteiger partial charge in [-0.2, -0.15) is 4.98 Å². The lowest BCUT2D eigenvalue weighted by atomic mass is 9.89. The van der Waals surface area contributed by atoms with Crippen molar-refractivity contribution in [3.63, 3.8) is 0 Å². The molecule has 1 saturated carbocycles. The molecule has 1 atom stereocenters. The molecule has 1 N–H and O–H groups in total. The molecule has 0 saturated heterocycles. The smallest absolute Gasteiger partial charge is 0.253 e. The Bertz CT molecular complexity index is 620. The standard InChI is InChI=1S/C16H20N4O2/c1-11(18-15(21)13-8-5-9-17-10-13)16-19-14(20-22-16)12-6-3-2-4-7-12/h5,8-12H,2-4,6-7H2,1H3,(H,18,21). The molecule has 1 unspecified atom stereocenters. The molecule has 116 valence electrons. The second-order valence-electron chi connectivity index (χ2n) is 5.76. The molecule has 2 aromatic rings. The number of aromatic nitrogens is 3. The van der Waals surface area contributed by atoms with Crippen molar-refractivity contribution in [1.29, 1.82) is 0 Å². The molecule has 0 bridgehead atoms. The van der Waals surface area contributed by atoms with Crippen molar-refractivity contribution in [3.8, 4) is 0 Å². The van der Waals surface area contributed by atoms with Crippen LogP contribution in [0.25, 0.3) is 0 Å². The molecule has 0 aliphatic heterocycles. The minimum atomic E-state index is -0.322. The van der Waals surface area contributed by atoms with Crippen molar-refractivity contribution < 1.29 is 9.32 Å². The van der Waals surface area contributed by atoms with Crippen molar-refractivity contribution in [2.75, 3.05) is 0 Å². The minimum Gasteiger partial charge on any atom is -0.340 e. The van der Waals surface area contributed by atoms with E-state index in [1.807, 2.05) is 6.92 Å². The van der Waals surface area contributed by atoms with Crippen LogP contribution in [0.4, 0.5) is 0 Å². The van der Waals surface area contributed by atoms with Crippen molar-refractivity contribution in [1.82, 2.24) is 20.4 Å². The highest BCUT2D eigenvalue weighted by atomic mass is 16.5. The molecule has 2 aromatic heterocycles. The Balaban J connectivity index is 1.64. The Labute approximate surface area is 129 Å². The maximum atomic E-state index is 12.1. The van der Waals surface area contributed by atoms with Crippen molar-refractivity contribution in [2.45, 2.75) is 51.0 Å². The van der Waals surface area contributed by atoms with Crippen LogP contribution in [0.15, 0.2) is 29.0 Å². The third-order valence-corrected chi connectivity index (χ3v) is 4.07. The molecule has 0 radical (unpaired) electrons. The minimum absolute atomic E-state index is 0.196. The quantitative estimate of drug-likeness (QED) is 0.938. The summed E-state index contributed by atoms with van der Waals surface area (Å²) in [7, 11) is 0. The molecule has 1 aliphatic rings. The summed E-state index contributed by atoms with van der Waals surface area (Å²) in [6.07, 6.45) is 9.14. The summed E-state index contributed by atoms with van der Waals surface area (Å²) >= 11 is 0. The number of amides is 1. The van der Waals surface area contributed by atoms with Gasteiger partial charge < -0.3 is 9.84 Å². The Morgan fingerprint density at radius 3 is 2.91 bits per heavy atom. The summed E-state index contributed by atoms with van der Waals surface area (Å²) in [6, 6.07) is 3.13. The number of carbonyl (C=O) groups is 1. The zero-order valence-electron chi connectivity index (χ0n) is 12.7. The SMILES string of the molecule is CC(NC(=O)c1cccnc1)c1nc(C2CCCCC2)no1. The van der Waals surface area contributed by atoms with Crippen LogP contribution < -0.4 is 5.32 Å². The van der Waals surface area contributed by atoms with Crippen LogP contribution in [-0.2, 0) is 0 Å². The summed E-state index contributed by atoms with van der Waals surface area (Å²) in [5, 5.41) is 6.94. The monoisotopic (exact) mass is 300 g/mol. The zero-order chi connectivity index (χ0) is 15.4. The molecule has 0 spiro atoms. The van der Waals surface area contributed by atoms with E-state index in [9.17, 15) is 4.79 Å². The maximum Gasteiger partial charge on any atom is 0.253 e. The van der Waals surface area contributed by atoms with Gasteiger partial charge in [0.05, 0.1) is 5.56 Å². The maximum absolute atomic E-state index is 12.1. The number of hydrogen-bond acceptors (Lipinski definition) is 5. The fraction of sp³-hybridized carbons (Fsp3) is 0.500. The fourth-order valence-corrected chi connectivity index (χ4v) is 2.79. The van der Waals surface area contributed by atoms with E-state index < -0.39 is 0 Å². The third-order valence-electron chi connectivity index (χ3n) is 4.07. The summed E-state index contributed by atoms with van der Waals surface area (Å²) in [5.74, 6) is 1.43. The highest BCUT2D eigenvalue weighted by molar-refractivity contribution is 5.93. The van der Waals surface area contributed by atoms with E-state index in [0.29, 0.717) is 17.4 Å². The number of nitrogens with one attached hydrogen (secondary N) is 1. The number of hydrogen-bond donors (Lipinski definition) is 1. The van der Waals surface area contributed by atoms with Crippen LogP contribution >= 0.6 is 0 Å². The Kier molecular flexibility index (Phi) is 4.46. The predicted molar refractivity (Wildman–Crippen MR) is 80.2 cm³/mol. The topological polar surface area (TPSA) is 80.9 Å². The Morgan fingerprint density at radius 2 is 2.18 bits per heavy atom. The molecular weight excluding hydrogens is 280 g/mol. The molecule has 0 aromatic carbocycles. The number of pyridine rings is 1. The van der Waals surface area contributed by atoms with Gasteiger partial charge in [-0.05, 0) is 31.9 Å². The lowest BCUT2D eigenvalue weighted by molar-refractivity contribution is 0.0932. The van der Waals surface area contributed by atoms with Crippen molar-refractivity contribution >= 4 is 5.91 Å². The van der Waals surface area contributed by atoms with Crippen LogP contribution in [0, 0.1) is 0 Å². The molecule has 3 rings (SSSR count). The van der Waals surface area contributed by atoms with E-state index in [1.54, 1.807) is 18.3 Å². The van der Waals surface area contributed by atoms with E-state index in [1.165, 1.54) is 25.5 Å². The van der Waals surface area contributed by atoms with E-state index in [4.69, 9.17) is 4.52 Å². The average Bonchev–Trinajstić information content (AvgIpc) is 3.06. The van der Waals surface area contributed by atoms with Gasteiger partial charge in [-0.1, -0.05) is 24.4 Å². The van der Waals surface area contributed by atoms with Gasteiger partial charge >= 0.3 is 0 Å². The predicted octanol–water partition coefficient (Wildman–Crippen LogP) is 3.00. The molecule has 1 aliphatic carbocycles. The number of carbonyl (C=O) groups excluding carboxylic acids is 1. The lowest BCUT2D eigenvalue weighted by Crippen LogP contribution is -2.27. The summed E-state index contributed by atoms with van der Waals surface area (Å²) in [4.78, 5) is 20.5. The molecule has 6 heteroatoms. The first-order valence-corrected chi connectivity index (χ1v) is 7.78. The summed E-state index contributed by atoms with van der Waals surface area (Å²) in [5.41, 5.74) is 0.515. The van der Waals surface area contributed by atoms with Crippen LogP contribution in [-0.4, -0.2) is 21.0 Å². The van der Waals surface area contributed by atoms with E-state index >= 15 is 0 Å². The van der Waals surface area contributed by atoms with Crippen LogP contribution in [0.3, 0.4) is 0 Å². The van der Waals surface area contributed by atoms with Crippen LogP contribution in [0.1, 0.15) is 73.1 Å². The second kappa shape index (κ2) is 6.68. The molecule has 2 heterocycles. The van der Waals surface area contributed by atoms with Gasteiger partial charge in [-0.25, -0.2) is 0 Å². The first kappa shape index (κ1) is 14.7. The van der Waals surface area contributed by atoms with Gasteiger partial charge in [-0.3, -0.25) is 9.78 Å². The van der Waals surface area contributed by atoms with Gasteiger partial charge in [0.1, 0.15) is 6.04 Å². The van der Waals surface area contributed by atoms with Gasteiger partial charge in [0.15, 0.2) is 5.82 Å². The Hall–Kier alpha value is -2.24. The fourth-order valence-electron chi connectivity index (χ4n) is 2.79. The molecule has 1 fully saturated rings.